The number of ketones is 1. The molecule has 0 aliphatic heterocycles. The van der Waals surface area contributed by atoms with Crippen molar-refractivity contribution >= 4 is 72.0 Å². The second kappa shape index (κ2) is 12.9. The van der Waals surface area contributed by atoms with Gasteiger partial charge in [-0.2, -0.15) is 0 Å². The van der Waals surface area contributed by atoms with Gasteiger partial charge in [0.25, 0.3) is 0 Å². The quantitative estimate of drug-likeness (QED) is 0.189. The number of carbonyl (C=O) groups is 1. The Morgan fingerprint density at radius 3 is 2.16 bits per heavy atom. The molecule has 25 heavy (non-hydrogen) atoms. The van der Waals surface area contributed by atoms with Crippen molar-refractivity contribution in [3.05, 3.63) is 0 Å². The second-order valence-corrected chi connectivity index (χ2v) is 12.5. The summed E-state index contributed by atoms with van der Waals surface area (Å²) < 4.78 is 1.09. The highest BCUT2D eigenvalue weighted by molar-refractivity contribution is 8.11. The van der Waals surface area contributed by atoms with Crippen LogP contribution in [0.2, 0.25) is 0 Å². The van der Waals surface area contributed by atoms with Crippen molar-refractivity contribution in [3.63, 3.8) is 0 Å². The van der Waals surface area contributed by atoms with Crippen molar-refractivity contribution in [2.45, 2.75) is 52.1 Å². The van der Waals surface area contributed by atoms with Gasteiger partial charge in [0.2, 0.25) is 0 Å². The third-order valence-corrected chi connectivity index (χ3v) is 6.36. The van der Waals surface area contributed by atoms with Crippen molar-refractivity contribution in [1.82, 2.24) is 10.2 Å². The molecule has 0 aliphatic rings. The van der Waals surface area contributed by atoms with Crippen molar-refractivity contribution in [2.75, 3.05) is 33.0 Å². The van der Waals surface area contributed by atoms with Gasteiger partial charge in [-0.05, 0) is 38.0 Å². The van der Waals surface area contributed by atoms with Crippen LogP contribution in [0.15, 0.2) is 0 Å². The molecule has 0 fully saturated rings. The van der Waals surface area contributed by atoms with Gasteiger partial charge < -0.3 is 10.2 Å². The van der Waals surface area contributed by atoms with Crippen LogP contribution in [0.25, 0.3) is 0 Å². The number of thiol groups is 2. The zero-order valence-corrected chi connectivity index (χ0v) is 20.4. The van der Waals surface area contributed by atoms with E-state index < -0.39 is 0 Å². The van der Waals surface area contributed by atoms with Crippen LogP contribution in [0.4, 0.5) is 0 Å². The fourth-order valence-electron chi connectivity index (χ4n) is 2.54. The van der Waals surface area contributed by atoms with Crippen LogP contribution in [0.1, 0.15) is 46.5 Å². The average molecular weight is 441 g/mol. The summed E-state index contributed by atoms with van der Waals surface area (Å²) in [7, 11) is -0.262. The smallest absolute Gasteiger partial charge is 0.140 e. The highest BCUT2D eigenvalue weighted by atomic mass is 32.1. The second-order valence-electron chi connectivity index (χ2n) is 7.67. The summed E-state index contributed by atoms with van der Waals surface area (Å²) in [6.07, 6.45) is 3.31. The molecule has 0 aromatic rings. The molecule has 0 radical (unpaired) electrons. The number of Topliss-reactive ketones (excluding diaryl/α,β-unsaturated/α-hetero) is 1. The summed E-state index contributed by atoms with van der Waals surface area (Å²) in [5, 5.41) is 3.01. The van der Waals surface area contributed by atoms with E-state index in [2.05, 4.69) is 69.6 Å². The van der Waals surface area contributed by atoms with E-state index in [1.807, 2.05) is 0 Å². The van der Waals surface area contributed by atoms with Gasteiger partial charge in [-0.25, -0.2) is 0 Å². The Bertz CT molecular complexity index is 452. The molecule has 0 aromatic heterocycles. The van der Waals surface area contributed by atoms with Crippen molar-refractivity contribution in [1.29, 1.82) is 0 Å². The minimum Gasteiger partial charge on any atom is -0.371 e. The molecule has 0 rings (SSSR count). The first-order chi connectivity index (χ1) is 11.4. The lowest BCUT2D eigenvalue weighted by Gasteiger charge is -2.28. The van der Waals surface area contributed by atoms with E-state index in [-0.39, 0.29) is 19.0 Å². The van der Waals surface area contributed by atoms with Gasteiger partial charge in [-0.1, -0.05) is 45.2 Å². The number of nitrogens with zero attached hydrogens (tertiary/aromatic N) is 1. The molecule has 8 heteroatoms. The fraction of sp³-hybridized carbons (Fsp3) is 0.824. The van der Waals surface area contributed by atoms with E-state index in [9.17, 15) is 4.79 Å². The first-order valence-corrected chi connectivity index (χ1v) is 12.6. The van der Waals surface area contributed by atoms with Crippen molar-refractivity contribution in [2.24, 2.45) is 5.41 Å². The van der Waals surface area contributed by atoms with E-state index in [0.29, 0.717) is 20.8 Å². The van der Waals surface area contributed by atoms with Crippen LogP contribution in [0, 0.1) is 5.41 Å². The topological polar surface area (TPSA) is 32.3 Å². The number of carbonyl (C=O) groups excluding carboxylic acids is 1. The predicted molar refractivity (Wildman–Crippen MR) is 128 cm³/mol. The van der Waals surface area contributed by atoms with Crippen LogP contribution in [-0.4, -0.2) is 57.9 Å². The highest BCUT2D eigenvalue weighted by Crippen LogP contribution is 2.40. The lowest BCUT2D eigenvalue weighted by molar-refractivity contribution is -0.119. The van der Waals surface area contributed by atoms with Crippen LogP contribution < -0.4 is 5.32 Å². The first-order valence-electron chi connectivity index (χ1n) is 8.58. The zero-order valence-electron chi connectivity index (χ0n) is 16.0. The van der Waals surface area contributed by atoms with Gasteiger partial charge in [-0.3, -0.25) is 4.79 Å². The van der Waals surface area contributed by atoms with E-state index >= 15 is 0 Å². The molecule has 0 aromatic carbocycles. The van der Waals surface area contributed by atoms with Crippen molar-refractivity contribution in [3.8, 4) is 0 Å². The van der Waals surface area contributed by atoms with E-state index in [0.717, 1.165) is 38.9 Å². The molecule has 0 heterocycles. The fourth-order valence-corrected chi connectivity index (χ4v) is 4.76. The van der Waals surface area contributed by atoms with Gasteiger partial charge >= 0.3 is 0 Å². The minimum absolute atomic E-state index is 0.187. The number of hydrogen-bond acceptors (Lipinski definition) is 3. The normalized spacial score (nSPS) is 12.8. The van der Waals surface area contributed by atoms with Gasteiger partial charge in [0, 0.05) is 31.7 Å². The Morgan fingerprint density at radius 1 is 1.16 bits per heavy atom. The molecule has 1 unspecified atom stereocenters. The van der Waals surface area contributed by atoms with Gasteiger partial charge in [0.05, 0.1) is 0 Å². The minimum atomic E-state index is -0.262. The summed E-state index contributed by atoms with van der Waals surface area (Å²) in [6.45, 7) is 13.4. The van der Waals surface area contributed by atoms with Crippen LogP contribution >= 0.6 is 57.6 Å². The van der Waals surface area contributed by atoms with Crippen LogP contribution in [0.3, 0.4) is 0 Å². The lowest BCUT2D eigenvalue weighted by atomic mass is 9.88. The molecule has 0 amide bonds. The van der Waals surface area contributed by atoms with E-state index in [1.165, 1.54) is 0 Å². The Balaban J connectivity index is 4.38. The summed E-state index contributed by atoms with van der Waals surface area (Å²) >= 11 is 18.4. The number of rotatable bonds is 11. The number of hydrogen-bond donors (Lipinski definition) is 3. The Kier molecular flexibility index (Phi) is 13.2. The molecule has 0 bridgehead atoms. The Hall–Kier alpha value is 0.580. The monoisotopic (exact) mass is 440 g/mol. The molecule has 0 saturated heterocycles. The summed E-state index contributed by atoms with van der Waals surface area (Å²) in [5.41, 5.74) is 0.388. The number of thiocarbonyl (C=S) groups is 2. The van der Waals surface area contributed by atoms with Crippen LogP contribution in [-0.2, 0) is 4.79 Å². The molecular formula is C17H33N2OPS4. The molecule has 146 valence electrons. The van der Waals surface area contributed by atoms with Gasteiger partial charge in [0.1, 0.15) is 14.4 Å². The maximum atomic E-state index is 12.7. The third kappa shape index (κ3) is 13.4. The zero-order chi connectivity index (χ0) is 19.6. The molecule has 0 saturated carbocycles. The molecule has 0 aliphatic carbocycles. The maximum Gasteiger partial charge on any atom is 0.140 e. The predicted octanol–water partition coefficient (Wildman–Crippen LogP) is 4.59. The van der Waals surface area contributed by atoms with Crippen molar-refractivity contribution < 1.29 is 4.79 Å². The van der Waals surface area contributed by atoms with Gasteiger partial charge in [-0.15, -0.1) is 33.2 Å². The average Bonchev–Trinajstić information content (AvgIpc) is 2.45. The Labute approximate surface area is 177 Å². The lowest BCUT2D eigenvalue weighted by Crippen LogP contribution is -2.32. The SMILES string of the molecule is CP(C)C(CC(C)(C)C)C(=O)CCCN(CCCNC(=S)S)C(=S)S. The highest BCUT2D eigenvalue weighted by Gasteiger charge is 2.26. The number of nitrogens with one attached hydrogen (secondary N) is 1. The summed E-state index contributed by atoms with van der Waals surface area (Å²) in [4.78, 5) is 14.7. The molecule has 3 nitrogen and oxygen atoms in total. The first kappa shape index (κ1) is 25.6. The third-order valence-electron chi connectivity index (χ3n) is 3.80. The molecule has 1 atom stereocenters. The van der Waals surface area contributed by atoms with E-state index in [4.69, 9.17) is 24.4 Å². The van der Waals surface area contributed by atoms with Gasteiger partial charge in [0.15, 0.2) is 0 Å². The summed E-state index contributed by atoms with van der Waals surface area (Å²) in [5.74, 6) is 0.401. The Morgan fingerprint density at radius 2 is 1.72 bits per heavy atom. The van der Waals surface area contributed by atoms with E-state index in [1.54, 1.807) is 0 Å². The summed E-state index contributed by atoms with van der Waals surface area (Å²) in [6, 6.07) is 0. The molecule has 0 spiro atoms. The largest absolute Gasteiger partial charge is 0.371 e. The molecule has 1 N–H and O–H groups in total. The standard InChI is InChI=1S/C17H33N2OPS4/c1-17(2,3)12-14(21(4)5)13(20)8-6-10-19(16(24)25)11-7-9-18-15(22)23/h14H,6-12H2,1-5H3,(H,24,25)(H2,18,22,23). The maximum absolute atomic E-state index is 12.7. The molecular weight excluding hydrogens is 407 g/mol. The van der Waals surface area contributed by atoms with Crippen LogP contribution in [0.5, 0.6) is 0 Å².